The van der Waals surface area contributed by atoms with E-state index in [0.717, 1.165) is 47.3 Å². The van der Waals surface area contributed by atoms with Crippen LogP contribution in [0.25, 0.3) is 33.5 Å². The van der Waals surface area contributed by atoms with E-state index in [9.17, 15) is 0 Å². The molecule has 6 N–H and O–H groups in total. The fourth-order valence-corrected chi connectivity index (χ4v) is 7.00. The molecule has 14 nitrogen and oxygen atoms in total. The number of hydrogen-bond acceptors (Lipinski definition) is 10. The van der Waals surface area contributed by atoms with Crippen molar-refractivity contribution in [2.24, 2.45) is 14.1 Å². The monoisotopic (exact) mass is 628 g/mol. The van der Waals surface area contributed by atoms with Crippen LogP contribution in [0.4, 0.5) is 20.4 Å². The van der Waals surface area contributed by atoms with Crippen LogP contribution in [-0.4, -0.2) is 68.4 Å². The molecule has 0 saturated carbocycles. The maximum Gasteiger partial charge on any atom is 0.187 e. The summed E-state index contributed by atoms with van der Waals surface area (Å²) in [7, 11) is 3.71. The van der Waals surface area contributed by atoms with Gasteiger partial charge < -0.3 is 22.1 Å². The number of nitrogen functional groups attached to an aromatic ring is 2. The molecule has 6 aromatic heterocycles. The third-order valence-corrected chi connectivity index (χ3v) is 9.40. The summed E-state index contributed by atoms with van der Waals surface area (Å²) in [6.45, 7) is 2.02. The predicted octanol–water partition coefficient (Wildman–Crippen LogP) is 2.69. The average Bonchev–Trinajstić information content (AvgIpc) is 3.87. The van der Waals surface area contributed by atoms with Crippen molar-refractivity contribution in [3.05, 3.63) is 59.7 Å². The predicted molar refractivity (Wildman–Crippen MR) is 167 cm³/mol. The van der Waals surface area contributed by atoms with Crippen molar-refractivity contribution in [2.45, 2.75) is 43.6 Å². The van der Waals surface area contributed by atoms with E-state index in [1.807, 2.05) is 25.0 Å². The lowest BCUT2D eigenvalue weighted by Crippen LogP contribution is -2.34. The molecule has 0 aromatic carbocycles. The molecule has 238 valence electrons. The van der Waals surface area contributed by atoms with Gasteiger partial charge >= 0.3 is 0 Å². The molecular weight excluding hydrogens is 594 g/mol. The zero-order valence-electron chi connectivity index (χ0n) is 25.5. The highest BCUT2D eigenvalue weighted by atomic mass is 19.1. The van der Waals surface area contributed by atoms with Crippen molar-refractivity contribution in [3.8, 4) is 22.3 Å². The van der Waals surface area contributed by atoms with Gasteiger partial charge in [-0.05, 0) is 32.2 Å². The van der Waals surface area contributed by atoms with Crippen molar-refractivity contribution < 1.29 is 8.78 Å². The van der Waals surface area contributed by atoms with Gasteiger partial charge in [-0.15, -0.1) is 0 Å². The SMILES string of the molecule is Cn1cc(-c2cnn3c(N)c(F)c(C4CCC(c5c(-c6cnn7c(N)c(F)c(C8CCCNC8)nc67)cnn5C)NC4)nc23)cn1. The summed E-state index contributed by atoms with van der Waals surface area (Å²) in [6, 6.07) is -0.0985. The summed E-state index contributed by atoms with van der Waals surface area (Å²) in [6.07, 6.45) is 11.8. The fraction of sp³-hybridized carbons (Fsp3) is 0.400. The summed E-state index contributed by atoms with van der Waals surface area (Å²) in [5.41, 5.74) is 18.1. The Bertz CT molecular complexity index is 2090. The minimum atomic E-state index is -0.564. The maximum absolute atomic E-state index is 15.6. The maximum atomic E-state index is 15.6. The molecule has 2 aliphatic heterocycles. The zero-order valence-corrected chi connectivity index (χ0v) is 25.5. The molecule has 8 rings (SSSR count). The summed E-state index contributed by atoms with van der Waals surface area (Å²) in [5, 5.41) is 24.4. The van der Waals surface area contributed by atoms with E-state index in [2.05, 4.69) is 31.0 Å². The van der Waals surface area contributed by atoms with E-state index in [1.54, 1.807) is 29.5 Å². The second kappa shape index (κ2) is 10.8. The van der Waals surface area contributed by atoms with Crippen molar-refractivity contribution >= 4 is 22.9 Å². The van der Waals surface area contributed by atoms with Gasteiger partial charge in [0, 0.05) is 67.9 Å². The first-order valence-corrected chi connectivity index (χ1v) is 15.4. The molecule has 3 atom stereocenters. The summed E-state index contributed by atoms with van der Waals surface area (Å²) in [4.78, 5) is 9.53. The molecule has 16 heteroatoms. The first-order valence-electron chi connectivity index (χ1n) is 15.4. The number of rotatable bonds is 5. The normalized spacial score (nSPS) is 20.7. The van der Waals surface area contributed by atoms with Crippen molar-refractivity contribution in [2.75, 3.05) is 31.1 Å². The third kappa shape index (κ3) is 4.42. The standard InChI is InChI=1S/C30H34F2N14/c1-43-14-17(10-37-43)18-11-39-45-27(33)23(32)25(41-29(18)45)16-5-6-21(36-9-16)26-19(12-38-44(26)2)20-13-40-46-28(34)22(31)24(42-30(20)46)15-4-3-7-35-8-15/h10-16,21,35-36H,3-9,33-34H2,1-2H3. The van der Waals surface area contributed by atoms with E-state index in [1.165, 1.54) is 9.03 Å². The van der Waals surface area contributed by atoms with Gasteiger partial charge in [0.25, 0.3) is 0 Å². The lowest BCUT2D eigenvalue weighted by molar-refractivity contribution is 0.350. The number of anilines is 2. The summed E-state index contributed by atoms with van der Waals surface area (Å²) >= 11 is 0. The van der Waals surface area contributed by atoms with E-state index < -0.39 is 11.6 Å². The fourth-order valence-electron chi connectivity index (χ4n) is 7.00. The molecule has 0 aliphatic carbocycles. The first-order chi connectivity index (χ1) is 22.3. The van der Waals surface area contributed by atoms with Gasteiger partial charge in [-0.25, -0.2) is 18.7 Å². The van der Waals surface area contributed by atoms with Gasteiger partial charge in [-0.2, -0.15) is 29.4 Å². The van der Waals surface area contributed by atoms with Crippen LogP contribution in [0.5, 0.6) is 0 Å². The van der Waals surface area contributed by atoms with E-state index in [-0.39, 0.29) is 29.5 Å². The van der Waals surface area contributed by atoms with Crippen LogP contribution in [0.1, 0.15) is 60.6 Å². The van der Waals surface area contributed by atoms with Crippen LogP contribution in [0.15, 0.2) is 31.0 Å². The Morgan fingerprint density at radius 1 is 0.761 bits per heavy atom. The third-order valence-electron chi connectivity index (χ3n) is 9.40. The highest BCUT2D eigenvalue weighted by molar-refractivity contribution is 5.80. The van der Waals surface area contributed by atoms with Crippen LogP contribution >= 0.6 is 0 Å². The Morgan fingerprint density at radius 2 is 1.41 bits per heavy atom. The number of nitrogens with zero attached hydrogens (tertiary/aromatic N) is 10. The first kappa shape index (κ1) is 28.5. The van der Waals surface area contributed by atoms with Crippen LogP contribution in [0, 0.1) is 11.6 Å². The van der Waals surface area contributed by atoms with Crippen molar-refractivity contribution in [1.82, 2.24) is 59.4 Å². The number of halogens is 2. The molecule has 2 fully saturated rings. The summed E-state index contributed by atoms with van der Waals surface area (Å²) < 4.78 is 37.2. The molecule has 46 heavy (non-hydrogen) atoms. The second-order valence-electron chi connectivity index (χ2n) is 12.2. The van der Waals surface area contributed by atoms with E-state index >= 15 is 8.78 Å². The Balaban J connectivity index is 1.10. The molecular formula is C30H34F2N14. The number of nitrogens with one attached hydrogen (secondary N) is 2. The summed E-state index contributed by atoms with van der Waals surface area (Å²) in [5.74, 6) is -1.51. The molecule has 8 heterocycles. The number of hydrogen-bond donors (Lipinski definition) is 4. The van der Waals surface area contributed by atoms with Crippen LogP contribution in [0.2, 0.25) is 0 Å². The van der Waals surface area contributed by atoms with Gasteiger partial charge in [-0.3, -0.25) is 9.36 Å². The van der Waals surface area contributed by atoms with Gasteiger partial charge in [0.2, 0.25) is 0 Å². The lowest BCUT2D eigenvalue weighted by Gasteiger charge is -2.30. The molecule has 0 radical (unpaired) electrons. The van der Waals surface area contributed by atoms with Gasteiger partial charge in [-0.1, -0.05) is 0 Å². The Morgan fingerprint density at radius 3 is 2.02 bits per heavy atom. The molecule has 0 spiro atoms. The molecule has 0 amide bonds. The minimum absolute atomic E-state index is 0.0588. The van der Waals surface area contributed by atoms with Crippen LogP contribution in [-0.2, 0) is 14.1 Å². The highest BCUT2D eigenvalue weighted by Crippen LogP contribution is 2.39. The van der Waals surface area contributed by atoms with Crippen LogP contribution < -0.4 is 22.1 Å². The quantitative estimate of drug-likeness (QED) is 0.222. The van der Waals surface area contributed by atoms with Crippen LogP contribution in [0.3, 0.4) is 0 Å². The zero-order chi connectivity index (χ0) is 31.7. The number of aryl methyl sites for hydroxylation is 2. The Labute approximate surface area is 261 Å². The number of nitrogens with two attached hydrogens (primary N) is 2. The Hall–Kier alpha value is -4.96. The van der Waals surface area contributed by atoms with Crippen molar-refractivity contribution in [1.29, 1.82) is 0 Å². The highest BCUT2D eigenvalue weighted by Gasteiger charge is 2.32. The topological polar surface area (TPSA) is 172 Å². The lowest BCUT2D eigenvalue weighted by atomic mass is 9.88. The van der Waals surface area contributed by atoms with Crippen molar-refractivity contribution in [3.63, 3.8) is 0 Å². The Kier molecular flexibility index (Phi) is 6.72. The van der Waals surface area contributed by atoms with Gasteiger partial charge in [0.1, 0.15) is 0 Å². The molecule has 2 saturated heterocycles. The average molecular weight is 629 g/mol. The van der Waals surface area contributed by atoms with Gasteiger partial charge in [0.15, 0.2) is 34.6 Å². The minimum Gasteiger partial charge on any atom is -0.381 e. The molecule has 0 bridgehead atoms. The van der Waals surface area contributed by atoms with E-state index in [0.29, 0.717) is 48.6 Å². The molecule has 3 unspecified atom stereocenters. The smallest absolute Gasteiger partial charge is 0.187 e. The molecule has 2 aliphatic rings. The van der Waals surface area contributed by atoms with E-state index in [4.69, 9.17) is 21.4 Å². The molecule has 6 aromatic rings. The largest absolute Gasteiger partial charge is 0.381 e. The number of piperidine rings is 2. The number of fused-ring (bicyclic) bond motifs is 2. The second-order valence-corrected chi connectivity index (χ2v) is 12.2. The number of aromatic nitrogens is 10. The van der Waals surface area contributed by atoms with Gasteiger partial charge in [0.05, 0.1) is 47.4 Å².